The number of pyridine rings is 1. The van der Waals surface area contributed by atoms with Crippen molar-refractivity contribution < 1.29 is 9.50 Å². The van der Waals surface area contributed by atoms with Crippen molar-refractivity contribution in [2.45, 2.75) is 26.0 Å². The average molecular weight is 286 g/mol. The van der Waals surface area contributed by atoms with Crippen molar-refractivity contribution in [2.24, 2.45) is 0 Å². The van der Waals surface area contributed by atoms with E-state index in [9.17, 15) is 4.39 Å². The highest BCUT2D eigenvalue weighted by Crippen LogP contribution is 2.21. The minimum Gasteiger partial charge on any atom is -0.392 e. The Balaban J connectivity index is 1.77. The molecule has 2 aromatic rings. The van der Waals surface area contributed by atoms with Gasteiger partial charge in [-0.2, -0.15) is 0 Å². The van der Waals surface area contributed by atoms with Gasteiger partial charge < -0.3 is 5.11 Å². The molecule has 0 unspecified atom stereocenters. The predicted octanol–water partition coefficient (Wildman–Crippen LogP) is 2.98. The van der Waals surface area contributed by atoms with Gasteiger partial charge in [-0.15, -0.1) is 0 Å². The number of aliphatic hydroxyl groups is 1. The second kappa shape index (κ2) is 6.33. The van der Waals surface area contributed by atoms with Crippen LogP contribution in [0.25, 0.3) is 11.3 Å². The van der Waals surface area contributed by atoms with E-state index in [1.807, 2.05) is 12.3 Å². The largest absolute Gasteiger partial charge is 0.392 e. The molecular weight excluding hydrogens is 267 g/mol. The zero-order chi connectivity index (χ0) is 14.7. The molecule has 0 saturated carbocycles. The lowest BCUT2D eigenvalue weighted by Gasteiger charge is -2.14. The number of likely N-dealkylation sites (tertiary alicyclic amines) is 1. The smallest absolute Gasteiger partial charge is 0.128 e. The molecule has 1 aromatic heterocycles. The summed E-state index contributed by atoms with van der Waals surface area (Å²) in [6, 6.07) is 8.75. The molecule has 1 saturated heterocycles. The Morgan fingerprint density at radius 3 is 2.62 bits per heavy atom. The van der Waals surface area contributed by atoms with Gasteiger partial charge in [0.1, 0.15) is 5.82 Å². The standard InChI is InChI=1S/C17H19FN2O/c18-16-5-4-14(9-15(16)12-21)17-6-3-13(10-19-17)11-20-7-1-2-8-20/h3-6,9-10,21H,1-2,7-8,11-12H2. The Hall–Kier alpha value is -1.78. The first-order valence-electron chi connectivity index (χ1n) is 7.33. The Morgan fingerprint density at radius 1 is 1.14 bits per heavy atom. The van der Waals surface area contributed by atoms with Crippen molar-refractivity contribution in [3.05, 3.63) is 53.5 Å². The van der Waals surface area contributed by atoms with Gasteiger partial charge in [0.2, 0.25) is 0 Å². The van der Waals surface area contributed by atoms with Crippen LogP contribution in [0.5, 0.6) is 0 Å². The predicted molar refractivity (Wildman–Crippen MR) is 80.1 cm³/mol. The van der Waals surface area contributed by atoms with Gasteiger partial charge in [0.25, 0.3) is 0 Å². The number of halogens is 1. The molecule has 0 radical (unpaired) electrons. The third kappa shape index (κ3) is 3.28. The van der Waals surface area contributed by atoms with Gasteiger partial charge in [0.05, 0.1) is 12.3 Å². The molecule has 0 bridgehead atoms. The van der Waals surface area contributed by atoms with Gasteiger partial charge in [-0.25, -0.2) is 4.39 Å². The summed E-state index contributed by atoms with van der Waals surface area (Å²) in [5, 5.41) is 9.13. The zero-order valence-corrected chi connectivity index (χ0v) is 11.9. The van der Waals surface area contributed by atoms with Crippen LogP contribution < -0.4 is 0 Å². The number of aliphatic hydroxyl groups excluding tert-OH is 1. The molecule has 1 aromatic carbocycles. The van der Waals surface area contributed by atoms with E-state index in [2.05, 4.69) is 16.0 Å². The Morgan fingerprint density at radius 2 is 1.95 bits per heavy atom. The van der Waals surface area contributed by atoms with Crippen LogP contribution in [0.1, 0.15) is 24.0 Å². The molecule has 2 heterocycles. The van der Waals surface area contributed by atoms with E-state index >= 15 is 0 Å². The lowest BCUT2D eigenvalue weighted by atomic mass is 10.1. The highest BCUT2D eigenvalue weighted by atomic mass is 19.1. The minimum atomic E-state index is -0.382. The summed E-state index contributed by atoms with van der Waals surface area (Å²) in [6.45, 7) is 2.98. The maximum Gasteiger partial charge on any atom is 0.128 e. The summed E-state index contributed by atoms with van der Waals surface area (Å²) in [7, 11) is 0. The van der Waals surface area contributed by atoms with Crippen LogP contribution in [-0.4, -0.2) is 28.1 Å². The number of aromatic nitrogens is 1. The lowest BCUT2D eigenvalue weighted by molar-refractivity contribution is 0.276. The number of hydrogen-bond donors (Lipinski definition) is 1. The van der Waals surface area contributed by atoms with Crippen LogP contribution >= 0.6 is 0 Å². The third-order valence-electron chi connectivity index (χ3n) is 3.94. The first-order chi connectivity index (χ1) is 10.3. The second-order valence-corrected chi connectivity index (χ2v) is 5.50. The highest BCUT2D eigenvalue weighted by molar-refractivity contribution is 5.60. The van der Waals surface area contributed by atoms with Gasteiger partial charge in [-0.3, -0.25) is 9.88 Å². The number of benzene rings is 1. The first-order valence-corrected chi connectivity index (χ1v) is 7.33. The van der Waals surface area contributed by atoms with E-state index < -0.39 is 0 Å². The zero-order valence-electron chi connectivity index (χ0n) is 11.9. The van der Waals surface area contributed by atoms with Gasteiger partial charge >= 0.3 is 0 Å². The highest BCUT2D eigenvalue weighted by Gasteiger charge is 2.12. The van der Waals surface area contributed by atoms with E-state index in [0.717, 1.165) is 17.8 Å². The molecule has 1 aliphatic heterocycles. The van der Waals surface area contributed by atoms with E-state index in [0.29, 0.717) is 5.56 Å². The number of hydrogen-bond acceptors (Lipinski definition) is 3. The minimum absolute atomic E-state index is 0.299. The fraction of sp³-hybridized carbons (Fsp3) is 0.353. The fourth-order valence-electron chi connectivity index (χ4n) is 2.74. The molecule has 3 rings (SSSR count). The maximum absolute atomic E-state index is 13.4. The van der Waals surface area contributed by atoms with Crippen molar-refractivity contribution >= 4 is 0 Å². The van der Waals surface area contributed by atoms with Crippen LogP contribution in [0.15, 0.2) is 36.5 Å². The van der Waals surface area contributed by atoms with Crippen molar-refractivity contribution in [2.75, 3.05) is 13.1 Å². The van der Waals surface area contributed by atoms with E-state index in [1.165, 1.54) is 37.6 Å². The first kappa shape index (κ1) is 14.2. The number of nitrogens with zero attached hydrogens (tertiary/aromatic N) is 2. The molecule has 0 spiro atoms. The molecule has 1 N–H and O–H groups in total. The van der Waals surface area contributed by atoms with Crippen molar-refractivity contribution in [1.29, 1.82) is 0 Å². The maximum atomic E-state index is 13.4. The Bertz CT molecular complexity index is 607. The summed E-state index contributed by atoms with van der Waals surface area (Å²) in [4.78, 5) is 6.89. The van der Waals surface area contributed by atoms with Crippen LogP contribution in [0, 0.1) is 5.82 Å². The summed E-state index contributed by atoms with van der Waals surface area (Å²) in [5.74, 6) is -0.382. The molecule has 4 heteroatoms. The molecule has 21 heavy (non-hydrogen) atoms. The summed E-state index contributed by atoms with van der Waals surface area (Å²) >= 11 is 0. The van der Waals surface area contributed by atoms with Crippen molar-refractivity contribution in [1.82, 2.24) is 9.88 Å². The van der Waals surface area contributed by atoms with Gasteiger partial charge in [-0.1, -0.05) is 6.07 Å². The van der Waals surface area contributed by atoms with Crippen molar-refractivity contribution in [3.8, 4) is 11.3 Å². The van der Waals surface area contributed by atoms with Crippen LogP contribution in [0.4, 0.5) is 4.39 Å². The second-order valence-electron chi connectivity index (χ2n) is 5.50. The molecule has 0 aliphatic carbocycles. The molecular formula is C17H19FN2O. The van der Waals surface area contributed by atoms with Crippen LogP contribution in [0.2, 0.25) is 0 Å². The lowest BCUT2D eigenvalue weighted by Crippen LogP contribution is -2.18. The summed E-state index contributed by atoms with van der Waals surface area (Å²) in [5.41, 5.74) is 3.13. The van der Waals surface area contributed by atoms with Gasteiger partial charge in [0, 0.05) is 23.9 Å². The molecule has 1 fully saturated rings. The molecule has 0 atom stereocenters. The molecule has 0 amide bonds. The fourth-order valence-corrected chi connectivity index (χ4v) is 2.74. The van der Waals surface area contributed by atoms with E-state index in [4.69, 9.17) is 5.11 Å². The Labute approximate surface area is 124 Å². The average Bonchev–Trinajstić information content (AvgIpc) is 3.02. The van der Waals surface area contributed by atoms with Crippen molar-refractivity contribution in [3.63, 3.8) is 0 Å². The summed E-state index contributed by atoms with van der Waals surface area (Å²) in [6.07, 6.45) is 4.45. The number of rotatable bonds is 4. The normalized spacial score (nSPS) is 15.5. The van der Waals surface area contributed by atoms with E-state index in [-0.39, 0.29) is 12.4 Å². The SMILES string of the molecule is OCc1cc(-c2ccc(CN3CCCC3)cn2)ccc1F. The molecule has 110 valence electrons. The molecule has 3 nitrogen and oxygen atoms in total. The quantitative estimate of drug-likeness (QED) is 0.938. The monoisotopic (exact) mass is 286 g/mol. The topological polar surface area (TPSA) is 36.4 Å². The van der Waals surface area contributed by atoms with E-state index in [1.54, 1.807) is 12.1 Å². The Kier molecular flexibility index (Phi) is 4.27. The van der Waals surface area contributed by atoms with Gasteiger partial charge in [-0.05, 0) is 55.8 Å². The molecule has 1 aliphatic rings. The third-order valence-corrected chi connectivity index (χ3v) is 3.94. The van der Waals surface area contributed by atoms with Gasteiger partial charge in [0.15, 0.2) is 0 Å². The van der Waals surface area contributed by atoms with Crippen LogP contribution in [0.3, 0.4) is 0 Å². The summed E-state index contributed by atoms with van der Waals surface area (Å²) < 4.78 is 13.4. The van der Waals surface area contributed by atoms with Crippen LogP contribution in [-0.2, 0) is 13.2 Å².